The SMILES string of the molecule is C=CS(=O)(=O)c1ccc(F)cc1F. The molecule has 0 aromatic heterocycles. The van der Waals surface area contributed by atoms with Crippen LogP contribution in [-0.4, -0.2) is 8.42 Å². The Kier molecular flexibility index (Phi) is 2.47. The smallest absolute Gasteiger partial charge is 0.202 e. The molecule has 0 N–H and O–H groups in total. The summed E-state index contributed by atoms with van der Waals surface area (Å²) >= 11 is 0. The Morgan fingerprint density at radius 1 is 1.31 bits per heavy atom. The predicted molar refractivity (Wildman–Crippen MR) is 43.7 cm³/mol. The van der Waals surface area contributed by atoms with Crippen molar-refractivity contribution >= 4 is 9.84 Å². The lowest BCUT2D eigenvalue weighted by Crippen LogP contribution is -1.99. The van der Waals surface area contributed by atoms with Crippen molar-refractivity contribution in [3.8, 4) is 0 Å². The average Bonchev–Trinajstić information content (AvgIpc) is 2.03. The molecule has 5 heteroatoms. The molecular weight excluding hydrogens is 198 g/mol. The fourth-order valence-corrected chi connectivity index (χ4v) is 1.56. The molecule has 1 aromatic rings. The van der Waals surface area contributed by atoms with Crippen LogP contribution in [0.4, 0.5) is 8.78 Å². The van der Waals surface area contributed by atoms with Gasteiger partial charge in [0.15, 0.2) is 0 Å². The van der Waals surface area contributed by atoms with Gasteiger partial charge in [-0.2, -0.15) is 0 Å². The highest BCUT2D eigenvalue weighted by Crippen LogP contribution is 2.16. The third-order valence-electron chi connectivity index (χ3n) is 1.42. The Balaban J connectivity index is 3.41. The number of sulfone groups is 1. The van der Waals surface area contributed by atoms with Gasteiger partial charge in [0.2, 0.25) is 9.84 Å². The minimum Gasteiger partial charge on any atom is -0.219 e. The summed E-state index contributed by atoms with van der Waals surface area (Å²) in [6.07, 6.45) is 0. The van der Waals surface area contributed by atoms with Crippen molar-refractivity contribution in [3.63, 3.8) is 0 Å². The van der Waals surface area contributed by atoms with Gasteiger partial charge in [0.25, 0.3) is 0 Å². The average molecular weight is 204 g/mol. The molecule has 0 aliphatic heterocycles. The Morgan fingerprint density at radius 3 is 2.38 bits per heavy atom. The van der Waals surface area contributed by atoms with Crippen LogP contribution in [0.1, 0.15) is 0 Å². The van der Waals surface area contributed by atoms with E-state index in [2.05, 4.69) is 6.58 Å². The summed E-state index contributed by atoms with van der Waals surface area (Å²) in [5.74, 6) is -1.93. The standard InChI is InChI=1S/C8H6F2O2S/c1-2-13(11,12)8-4-3-6(9)5-7(8)10/h2-5H,1H2. The van der Waals surface area contributed by atoms with Gasteiger partial charge in [-0.25, -0.2) is 17.2 Å². The molecule has 0 atom stereocenters. The summed E-state index contributed by atoms with van der Waals surface area (Å²) in [6.45, 7) is 3.02. The molecule has 0 saturated carbocycles. The first kappa shape index (κ1) is 9.85. The second-order valence-corrected chi connectivity index (χ2v) is 4.15. The molecule has 0 fully saturated rings. The molecule has 0 spiro atoms. The Hall–Kier alpha value is -1.23. The third-order valence-corrected chi connectivity index (χ3v) is 2.80. The summed E-state index contributed by atoms with van der Waals surface area (Å²) in [6, 6.07) is 2.25. The fraction of sp³-hybridized carbons (Fsp3) is 0. The molecule has 0 aliphatic carbocycles. The van der Waals surface area contributed by atoms with E-state index in [1.54, 1.807) is 0 Å². The highest BCUT2D eigenvalue weighted by atomic mass is 32.2. The van der Waals surface area contributed by atoms with Crippen LogP contribution in [0.25, 0.3) is 0 Å². The summed E-state index contributed by atoms with van der Waals surface area (Å²) in [5.41, 5.74) is 0. The quantitative estimate of drug-likeness (QED) is 0.689. The molecule has 70 valence electrons. The summed E-state index contributed by atoms with van der Waals surface area (Å²) in [5, 5.41) is 0.614. The van der Waals surface area contributed by atoms with Crippen molar-refractivity contribution in [2.45, 2.75) is 4.90 Å². The Labute approximate surface area is 74.4 Å². The molecule has 1 rings (SSSR count). The second kappa shape index (κ2) is 3.26. The fourth-order valence-electron chi connectivity index (χ4n) is 0.796. The van der Waals surface area contributed by atoms with Gasteiger partial charge in [0.1, 0.15) is 16.5 Å². The van der Waals surface area contributed by atoms with Crippen molar-refractivity contribution in [2.24, 2.45) is 0 Å². The van der Waals surface area contributed by atoms with E-state index in [9.17, 15) is 17.2 Å². The first-order valence-electron chi connectivity index (χ1n) is 3.30. The molecule has 0 amide bonds. The van der Waals surface area contributed by atoms with Crippen LogP contribution in [0.5, 0.6) is 0 Å². The molecule has 13 heavy (non-hydrogen) atoms. The van der Waals surface area contributed by atoms with Crippen LogP contribution in [0.3, 0.4) is 0 Å². The highest BCUT2D eigenvalue weighted by Gasteiger charge is 2.15. The van der Waals surface area contributed by atoms with E-state index in [0.717, 1.165) is 12.1 Å². The molecule has 0 bridgehead atoms. The van der Waals surface area contributed by atoms with E-state index in [1.807, 2.05) is 0 Å². The van der Waals surface area contributed by atoms with E-state index in [4.69, 9.17) is 0 Å². The van der Waals surface area contributed by atoms with Crippen LogP contribution in [-0.2, 0) is 9.84 Å². The van der Waals surface area contributed by atoms with E-state index < -0.39 is 26.4 Å². The maximum atomic E-state index is 12.9. The zero-order chi connectivity index (χ0) is 10.1. The van der Waals surface area contributed by atoms with Crippen LogP contribution in [0.15, 0.2) is 35.1 Å². The van der Waals surface area contributed by atoms with Gasteiger partial charge >= 0.3 is 0 Å². The van der Waals surface area contributed by atoms with Crippen LogP contribution in [0.2, 0.25) is 0 Å². The molecule has 0 aliphatic rings. The van der Waals surface area contributed by atoms with Crippen molar-refractivity contribution in [1.82, 2.24) is 0 Å². The Bertz CT molecular complexity index is 437. The lowest BCUT2D eigenvalue weighted by atomic mass is 10.3. The topological polar surface area (TPSA) is 34.1 Å². The number of hydrogen-bond donors (Lipinski definition) is 0. The zero-order valence-electron chi connectivity index (χ0n) is 6.50. The van der Waals surface area contributed by atoms with Crippen LogP contribution in [0, 0.1) is 11.6 Å². The van der Waals surface area contributed by atoms with Gasteiger partial charge < -0.3 is 0 Å². The minimum atomic E-state index is -3.82. The van der Waals surface area contributed by atoms with Gasteiger partial charge in [-0.1, -0.05) is 6.58 Å². The maximum absolute atomic E-state index is 12.9. The van der Waals surface area contributed by atoms with Gasteiger partial charge in [-0.3, -0.25) is 0 Å². The molecule has 1 aromatic carbocycles. The summed E-state index contributed by atoms with van der Waals surface area (Å²) in [4.78, 5) is -0.566. The highest BCUT2D eigenvalue weighted by molar-refractivity contribution is 7.94. The molecule has 0 heterocycles. The first-order valence-corrected chi connectivity index (χ1v) is 4.84. The normalized spacial score (nSPS) is 11.2. The van der Waals surface area contributed by atoms with Gasteiger partial charge in [0.05, 0.1) is 0 Å². The monoisotopic (exact) mass is 204 g/mol. The summed E-state index contributed by atoms with van der Waals surface area (Å²) < 4.78 is 47.4. The van der Waals surface area contributed by atoms with Gasteiger partial charge in [0, 0.05) is 11.5 Å². The van der Waals surface area contributed by atoms with Crippen molar-refractivity contribution in [1.29, 1.82) is 0 Å². The largest absolute Gasteiger partial charge is 0.219 e. The molecule has 0 radical (unpaired) electrons. The van der Waals surface area contributed by atoms with Crippen molar-refractivity contribution < 1.29 is 17.2 Å². The number of halogens is 2. The van der Waals surface area contributed by atoms with Crippen LogP contribution < -0.4 is 0 Å². The third kappa shape index (κ3) is 1.92. The summed E-state index contributed by atoms with van der Waals surface area (Å²) in [7, 11) is -3.82. The van der Waals surface area contributed by atoms with Crippen molar-refractivity contribution in [3.05, 3.63) is 41.8 Å². The number of rotatable bonds is 2. The number of hydrogen-bond acceptors (Lipinski definition) is 2. The minimum absolute atomic E-state index is 0.510. The molecule has 2 nitrogen and oxygen atoms in total. The lowest BCUT2D eigenvalue weighted by Gasteiger charge is -1.99. The van der Waals surface area contributed by atoms with Gasteiger partial charge in [-0.15, -0.1) is 0 Å². The number of benzene rings is 1. The lowest BCUT2D eigenvalue weighted by molar-refractivity contribution is 0.552. The maximum Gasteiger partial charge on any atom is 0.202 e. The van der Waals surface area contributed by atoms with E-state index >= 15 is 0 Å². The molecule has 0 saturated heterocycles. The molecular formula is C8H6F2O2S. The van der Waals surface area contributed by atoms with E-state index in [0.29, 0.717) is 11.5 Å². The predicted octanol–water partition coefficient (Wildman–Crippen LogP) is 1.88. The van der Waals surface area contributed by atoms with Crippen LogP contribution >= 0.6 is 0 Å². The second-order valence-electron chi connectivity index (χ2n) is 2.29. The molecule has 0 unspecified atom stereocenters. The Morgan fingerprint density at radius 2 is 1.92 bits per heavy atom. The van der Waals surface area contributed by atoms with Gasteiger partial charge in [-0.05, 0) is 12.1 Å². The first-order chi connectivity index (χ1) is 5.97. The van der Waals surface area contributed by atoms with E-state index in [1.165, 1.54) is 0 Å². The van der Waals surface area contributed by atoms with E-state index in [-0.39, 0.29) is 0 Å². The van der Waals surface area contributed by atoms with Crippen molar-refractivity contribution in [2.75, 3.05) is 0 Å². The zero-order valence-corrected chi connectivity index (χ0v) is 7.31.